The van der Waals surface area contributed by atoms with Gasteiger partial charge in [-0.15, -0.1) is 0 Å². The zero-order valence-electron chi connectivity index (χ0n) is 20.6. The number of aliphatic carboxylic acids is 1. The number of carboxylic acids is 1. The molecule has 2 aromatic carbocycles. The second-order valence-corrected chi connectivity index (χ2v) is 10.9. The molecule has 11 heteroatoms. The Balaban J connectivity index is 1.59. The molecule has 1 aliphatic carbocycles. The Morgan fingerprint density at radius 1 is 1.05 bits per heavy atom. The molecule has 0 spiro atoms. The molecule has 1 heterocycles. The maximum atomic E-state index is 13.7. The SMILES string of the molecule is COc1ccc(S(=O)(=O)N(Cc2ccc3c(c2)OCO3)[C@H](CCC(=O)OC2CCCCC2)C(=O)O)cc1. The highest BCUT2D eigenvalue weighted by atomic mass is 32.2. The highest BCUT2D eigenvalue weighted by Gasteiger charge is 2.37. The highest BCUT2D eigenvalue weighted by molar-refractivity contribution is 7.89. The average molecular weight is 534 g/mol. The van der Waals surface area contributed by atoms with Crippen LogP contribution in [0.2, 0.25) is 0 Å². The van der Waals surface area contributed by atoms with Crippen molar-refractivity contribution in [3.8, 4) is 17.2 Å². The van der Waals surface area contributed by atoms with Crippen LogP contribution in [0.3, 0.4) is 0 Å². The van der Waals surface area contributed by atoms with Gasteiger partial charge >= 0.3 is 11.9 Å². The Labute approximate surface area is 216 Å². The number of methoxy groups -OCH3 is 1. The van der Waals surface area contributed by atoms with Gasteiger partial charge in [0.05, 0.1) is 12.0 Å². The fourth-order valence-electron chi connectivity index (χ4n) is 4.54. The van der Waals surface area contributed by atoms with Crippen LogP contribution in [-0.4, -0.2) is 55.8 Å². The van der Waals surface area contributed by atoms with Gasteiger partial charge in [-0.3, -0.25) is 9.59 Å². The average Bonchev–Trinajstić information content (AvgIpc) is 3.36. The van der Waals surface area contributed by atoms with E-state index in [1.807, 2.05) is 0 Å². The summed E-state index contributed by atoms with van der Waals surface area (Å²) >= 11 is 0. The van der Waals surface area contributed by atoms with Crippen molar-refractivity contribution in [2.75, 3.05) is 13.9 Å². The minimum Gasteiger partial charge on any atom is -0.497 e. The number of rotatable bonds is 11. The summed E-state index contributed by atoms with van der Waals surface area (Å²) in [5.74, 6) is -0.455. The molecule has 0 saturated heterocycles. The first kappa shape index (κ1) is 26.7. The summed E-state index contributed by atoms with van der Waals surface area (Å²) in [6.07, 6.45) is 4.03. The number of nitrogens with zero attached hydrogens (tertiary/aromatic N) is 1. The number of carboxylic acid groups (broad SMARTS) is 1. The summed E-state index contributed by atoms with van der Waals surface area (Å²) in [6.45, 7) is -0.201. The molecule has 1 fully saturated rings. The fourth-order valence-corrected chi connectivity index (χ4v) is 6.14. The maximum Gasteiger partial charge on any atom is 0.322 e. The first-order valence-electron chi connectivity index (χ1n) is 12.2. The number of esters is 1. The van der Waals surface area contributed by atoms with Gasteiger partial charge in [0, 0.05) is 13.0 Å². The number of fused-ring (bicyclic) bond motifs is 1. The van der Waals surface area contributed by atoms with Crippen LogP contribution in [0.15, 0.2) is 47.4 Å². The minimum atomic E-state index is -4.28. The van der Waals surface area contributed by atoms with Gasteiger partial charge in [0.2, 0.25) is 16.8 Å². The Bertz CT molecular complexity index is 1210. The van der Waals surface area contributed by atoms with E-state index in [0.717, 1.165) is 36.4 Å². The van der Waals surface area contributed by atoms with Crippen molar-refractivity contribution in [1.29, 1.82) is 0 Å². The molecule has 0 bridgehead atoms. The van der Waals surface area contributed by atoms with E-state index in [1.54, 1.807) is 18.2 Å². The van der Waals surface area contributed by atoms with Crippen LogP contribution in [0.25, 0.3) is 0 Å². The second kappa shape index (κ2) is 11.8. The van der Waals surface area contributed by atoms with Crippen molar-refractivity contribution in [2.45, 2.75) is 68.5 Å². The van der Waals surface area contributed by atoms with Crippen LogP contribution in [0.4, 0.5) is 0 Å². The van der Waals surface area contributed by atoms with Crippen LogP contribution in [0.1, 0.15) is 50.5 Å². The standard InChI is InChI=1S/C26H31NO9S/c1-33-19-8-10-21(11-9-19)37(31,32)27(16-18-7-13-23-24(15-18)35-17-34-23)22(26(29)30)12-14-25(28)36-20-5-3-2-4-6-20/h7-11,13,15,20,22H,2-6,12,14,16-17H2,1H3,(H,29,30)/t22-/m1/s1. The number of hydrogen-bond acceptors (Lipinski definition) is 8. The summed E-state index contributed by atoms with van der Waals surface area (Å²) in [7, 11) is -2.82. The van der Waals surface area contributed by atoms with Crippen molar-refractivity contribution in [3.05, 3.63) is 48.0 Å². The largest absolute Gasteiger partial charge is 0.497 e. The number of sulfonamides is 1. The van der Waals surface area contributed by atoms with E-state index in [9.17, 15) is 23.1 Å². The molecule has 10 nitrogen and oxygen atoms in total. The Morgan fingerprint density at radius 3 is 2.43 bits per heavy atom. The topological polar surface area (TPSA) is 129 Å². The molecule has 0 amide bonds. The van der Waals surface area contributed by atoms with Gasteiger partial charge in [-0.25, -0.2) is 8.42 Å². The smallest absolute Gasteiger partial charge is 0.322 e. The predicted octanol–water partition coefficient (Wildman–Crippen LogP) is 3.72. The summed E-state index contributed by atoms with van der Waals surface area (Å²) in [5, 5.41) is 10.1. The number of benzene rings is 2. The molecular formula is C26H31NO9S. The third-order valence-electron chi connectivity index (χ3n) is 6.55. The molecule has 2 aromatic rings. The lowest BCUT2D eigenvalue weighted by Crippen LogP contribution is -2.45. The van der Waals surface area contributed by atoms with E-state index in [1.165, 1.54) is 31.4 Å². The van der Waals surface area contributed by atoms with Gasteiger partial charge in [0.15, 0.2) is 11.5 Å². The molecule has 1 aliphatic heterocycles. The molecule has 200 valence electrons. The van der Waals surface area contributed by atoms with Gasteiger partial charge in [-0.05, 0) is 74.1 Å². The molecular weight excluding hydrogens is 502 g/mol. The van der Waals surface area contributed by atoms with Crippen LogP contribution >= 0.6 is 0 Å². The monoisotopic (exact) mass is 533 g/mol. The molecule has 0 radical (unpaired) electrons. The van der Waals surface area contributed by atoms with E-state index >= 15 is 0 Å². The summed E-state index contributed by atoms with van der Waals surface area (Å²) in [6, 6.07) is 9.11. The van der Waals surface area contributed by atoms with Crippen molar-refractivity contribution in [2.24, 2.45) is 0 Å². The summed E-state index contributed by atoms with van der Waals surface area (Å²) in [4.78, 5) is 24.8. The Morgan fingerprint density at radius 2 is 1.76 bits per heavy atom. The predicted molar refractivity (Wildman–Crippen MR) is 132 cm³/mol. The lowest BCUT2D eigenvalue weighted by molar-refractivity contribution is -0.151. The van der Waals surface area contributed by atoms with Crippen LogP contribution < -0.4 is 14.2 Å². The van der Waals surface area contributed by atoms with Crippen LogP contribution in [0.5, 0.6) is 17.2 Å². The molecule has 1 saturated carbocycles. The Hall–Kier alpha value is -3.31. The molecule has 1 atom stereocenters. The third-order valence-corrected chi connectivity index (χ3v) is 8.42. The highest BCUT2D eigenvalue weighted by Crippen LogP contribution is 2.34. The van der Waals surface area contributed by atoms with E-state index in [-0.39, 0.29) is 37.2 Å². The number of carbonyl (C=O) groups is 2. The molecule has 2 aliphatic rings. The lowest BCUT2D eigenvalue weighted by atomic mass is 9.98. The van der Waals surface area contributed by atoms with Crippen molar-refractivity contribution >= 4 is 22.0 Å². The van der Waals surface area contributed by atoms with Gasteiger partial charge in [0.25, 0.3) is 0 Å². The minimum absolute atomic E-state index is 0.0491. The zero-order chi connectivity index (χ0) is 26.4. The van der Waals surface area contributed by atoms with Gasteiger partial charge in [-0.1, -0.05) is 12.5 Å². The van der Waals surface area contributed by atoms with E-state index in [2.05, 4.69) is 0 Å². The quantitative estimate of drug-likeness (QED) is 0.430. The first-order chi connectivity index (χ1) is 17.8. The molecule has 0 unspecified atom stereocenters. The van der Waals surface area contributed by atoms with E-state index < -0.39 is 28.0 Å². The molecule has 1 N–H and O–H groups in total. The van der Waals surface area contributed by atoms with Crippen LogP contribution in [0, 0.1) is 0 Å². The normalized spacial score (nSPS) is 16.4. The van der Waals surface area contributed by atoms with Gasteiger partial charge in [-0.2, -0.15) is 4.31 Å². The lowest BCUT2D eigenvalue weighted by Gasteiger charge is -2.29. The zero-order valence-corrected chi connectivity index (χ0v) is 21.4. The third kappa shape index (κ3) is 6.53. The van der Waals surface area contributed by atoms with Crippen molar-refractivity contribution in [1.82, 2.24) is 4.31 Å². The van der Waals surface area contributed by atoms with E-state index in [4.69, 9.17) is 18.9 Å². The molecule has 4 rings (SSSR count). The Kier molecular flexibility index (Phi) is 8.55. The number of ether oxygens (including phenoxy) is 4. The van der Waals surface area contributed by atoms with Crippen molar-refractivity contribution in [3.63, 3.8) is 0 Å². The number of carbonyl (C=O) groups excluding carboxylic acids is 1. The van der Waals surface area contributed by atoms with E-state index in [0.29, 0.717) is 22.8 Å². The van der Waals surface area contributed by atoms with Gasteiger partial charge < -0.3 is 24.1 Å². The van der Waals surface area contributed by atoms with Crippen molar-refractivity contribution < 1.29 is 42.1 Å². The maximum absolute atomic E-state index is 13.7. The first-order valence-corrected chi connectivity index (χ1v) is 13.7. The van der Waals surface area contributed by atoms with Gasteiger partial charge in [0.1, 0.15) is 17.9 Å². The number of hydrogen-bond donors (Lipinski definition) is 1. The molecule has 0 aromatic heterocycles. The van der Waals surface area contributed by atoms with Crippen LogP contribution in [-0.2, 0) is 30.9 Å². The molecule has 37 heavy (non-hydrogen) atoms. The second-order valence-electron chi connectivity index (χ2n) is 9.06. The summed E-state index contributed by atoms with van der Waals surface area (Å²) < 4.78 is 49.7. The fraction of sp³-hybridized carbons (Fsp3) is 0.462. The summed E-state index contributed by atoms with van der Waals surface area (Å²) in [5.41, 5.74) is 0.511.